The first-order valence-electron chi connectivity index (χ1n) is 8.00. The van der Waals surface area contributed by atoms with E-state index in [1.54, 1.807) is 12.1 Å². The molecule has 0 bridgehead atoms. The maximum atomic E-state index is 12.5. The number of halogens is 3. The highest BCUT2D eigenvalue weighted by atomic mass is 19.4. The van der Waals surface area contributed by atoms with E-state index in [0.717, 1.165) is 5.56 Å². The minimum Gasteiger partial charge on any atom is -0.378 e. The van der Waals surface area contributed by atoms with Gasteiger partial charge in [-0.1, -0.05) is 29.4 Å². The molecule has 0 amide bonds. The van der Waals surface area contributed by atoms with Crippen LogP contribution in [-0.4, -0.2) is 16.2 Å². The van der Waals surface area contributed by atoms with Crippen LogP contribution in [-0.2, 0) is 12.7 Å². The molecular formula is C17H15F3N4O3. The summed E-state index contributed by atoms with van der Waals surface area (Å²) in [5, 5.41) is 9.14. The largest absolute Gasteiger partial charge is 0.471 e. The van der Waals surface area contributed by atoms with Gasteiger partial charge in [0.2, 0.25) is 5.82 Å². The number of nitrogens with one attached hydrogen (secondary N) is 2. The number of alkyl halides is 3. The summed E-state index contributed by atoms with van der Waals surface area (Å²) in [6.45, 7) is 3.96. The average Bonchev–Trinajstić information content (AvgIpc) is 3.11. The molecule has 0 aliphatic heterocycles. The Morgan fingerprint density at radius 3 is 2.26 bits per heavy atom. The van der Waals surface area contributed by atoms with Crippen LogP contribution in [0.25, 0.3) is 11.4 Å². The van der Waals surface area contributed by atoms with Crippen molar-refractivity contribution in [2.75, 3.05) is 10.6 Å². The van der Waals surface area contributed by atoms with E-state index < -0.39 is 22.9 Å². The van der Waals surface area contributed by atoms with Gasteiger partial charge in [-0.05, 0) is 19.4 Å². The number of hydrogen-bond acceptors (Lipinski definition) is 7. The molecule has 0 spiro atoms. The van der Waals surface area contributed by atoms with Gasteiger partial charge in [-0.15, -0.1) is 0 Å². The lowest BCUT2D eigenvalue weighted by atomic mass is 10.1. The maximum absolute atomic E-state index is 12.5. The van der Waals surface area contributed by atoms with Crippen molar-refractivity contribution in [3.8, 4) is 11.4 Å². The first-order chi connectivity index (χ1) is 12.7. The molecule has 0 aliphatic rings. The number of hydrogen-bond donors (Lipinski definition) is 2. The Kier molecular flexibility index (Phi) is 4.73. The Morgan fingerprint density at radius 2 is 1.70 bits per heavy atom. The summed E-state index contributed by atoms with van der Waals surface area (Å²) < 4.78 is 41.7. The lowest BCUT2D eigenvalue weighted by Crippen LogP contribution is -2.38. The summed E-state index contributed by atoms with van der Waals surface area (Å²) in [5.41, 5.74) is 0.459. The monoisotopic (exact) mass is 380 g/mol. The Balaban J connectivity index is 1.69. The number of benzene rings is 1. The third-order valence-electron chi connectivity index (χ3n) is 3.69. The normalized spacial score (nSPS) is 11.9. The van der Waals surface area contributed by atoms with Gasteiger partial charge in [-0.2, -0.15) is 18.2 Å². The number of aromatic nitrogens is 2. The fourth-order valence-electron chi connectivity index (χ4n) is 2.40. The SMILES string of the molecule is CC(C)Nc1c(NCc2ccc(-c3noc(C(F)(F)F)n3)cc2)c(=O)c1=O. The topological polar surface area (TPSA) is 97.1 Å². The second kappa shape index (κ2) is 6.86. The predicted octanol–water partition coefficient (Wildman–Crippen LogP) is 2.78. The Hall–Kier alpha value is -3.17. The van der Waals surface area contributed by atoms with Crippen LogP contribution in [0.4, 0.5) is 24.5 Å². The number of rotatable bonds is 6. The van der Waals surface area contributed by atoms with Crippen LogP contribution in [0.2, 0.25) is 0 Å². The average molecular weight is 380 g/mol. The van der Waals surface area contributed by atoms with Crippen LogP contribution >= 0.6 is 0 Å². The van der Waals surface area contributed by atoms with E-state index in [0.29, 0.717) is 5.56 Å². The minimum atomic E-state index is -4.70. The lowest BCUT2D eigenvalue weighted by molar-refractivity contribution is -0.159. The second-order valence-electron chi connectivity index (χ2n) is 6.18. The first kappa shape index (κ1) is 18.6. The van der Waals surface area contributed by atoms with Crippen LogP contribution in [0, 0.1) is 0 Å². The van der Waals surface area contributed by atoms with Gasteiger partial charge in [-0.3, -0.25) is 9.59 Å². The molecule has 0 atom stereocenters. The summed E-state index contributed by atoms with van der Waals surface area (Å²) in [6.07, 6.45) is -4.70. The zero-order valence-electron chi connectivity index (χ0n) is 14.3. The van der Waals surface area contributed by atoms with Crippen LogP contribution in [0.1, 0.15) is 25.3 Å². The molecule has 0 saturated carbocycles. The smallest absolute Gasteiger partial charge is 0.378 e. The van der Waals surface area contributed by atoms with E-state index in [2.05, 4.69) is 25.3 Å². The molecule has 0 saturated heterocycles. The van der Waals surface area contributed by atoms with Crippen molar-refractivity contribution in [2.24, 2.45) is 0 Å². The van der Waals surface area contributed by atoms with Gasteiger partial charge < -0.3 is 15.2 Å². The highest BCUT2D eigenvalue weighted by Gasteiger charge is 2.38. The first-order valence-corrected chi connectivity index (χ1v) is 8.00. The fourth-order valence-corrected chi connectivity index (χ4v) is 2.40. The van der Waals surface area contributed by atoms with Crippen molar-refractivity contribution in [3.05, 3.63) is 56.2 Å². The van der Waals surface area contributed by atoms with E-state index in [9.17, 15) is 22.8 Å². The van der Waals surface area contributed by atoms with E-state index in [4.69, 9.17) is 0 Å². The summed E-state index contributed by atoms with van der Waals surface area (Å²) in [5.74, 6) is -1.58. The number of anilines is 2. The van der Waals surface area contributed by atoms with Gasteiger partial charge in [-0.25, -0.2) is 0 Å². The molecular weight excluding hydrogens is 365 g/mol. The van der Waals surface area contributed by atoms with Crippen LogP contribution in [0.5, 0.6) is 0 Å². The molecule has 1 aromatic heterocycles. The Morgan fingerprint density at radius 1 is 1.07 bits per heavy atom. The molecule has 0 fully saturated rings. The van der Waals surface area contributed by atoms with Gasteiger partial charge in [0, 0.05) is 18.2 Å². The summed E-state index contributed by atoms with van der Waals surface area (Å²) >= 11 is 0. The van der Waals surface area contributed by atoms with Crippen molar-refractivity contribution in [2.45, 2.75) is 32.6 Å². The molecule has 0 unspecified atom stereocenters. The second-order valence-corrected chi connectivity index (χ2v) is 6.18. The molecule has 27 heavy (non-hydrogen) atoms. The van der Waals surface area contributed by atoms with Crippen LogP contribution in [0.3, 0.4) is 0 Å². The Labute approximate surface area is 150 Å². The van der Waals surface area contributed by atoms with Crippen molar-refractivity contribution in [1.29, 1.82) is 0 Å². The fraction of sp³-hybridized carbons (Fsp3) is 0.294. The molecule has 142 valence electrons. The van der Waals surface area contributed by atoms with Crippen molar-refractivity contribution in [3.63, 3.8) is 0 Å². The molecule has 7 nitrogen and oxygen atoms in total. The molecule has 3 rings (SSSR count). The zero-order chi connectivity index (χ0) is 19.8. The molecule has 1 heterocycles. The van der Waals surface area contributed by atoms with E-state index >= 15 is 0 Å². The van der Waals surface area contributed by atoms with E-state index in [1.165, 1.54) is 12.1 Å². The molecule has 10 heteroatoms. The predicted molar refractivity (Wildman–Crippen MR) is 92.2 cm³/mol. The zero-order valence-corrected chi connectivity index (χ0v) is 14.3. The van der Waals surface area contributed by atoms with E-state index in [-0.39, 0.29) is 29.8 Å². The third kappa shape index (κ3) is 3.83. The van der Waals surface area contributed by atoms with Crippen LogP contribution < -0.4 is 21.5 Å². The standard InChI is InChI=1S/C17H15F3N4O3/c1-8(2)22-12-11(13(25)14(12)26)21-7-9-3-5-10(6-4-9)15-23-16(27-24-15)17(18,19)20/h3-6,8,21-22H,7H2,1-2H3. The van der Waals surface area contributed by atoms with Crippen LogP contribution in [0.15, 0.2) is 38.4 Å². The van der Waals surface area contributed by atoms with Crippen molar-refractivity contribution >= 4 is 11.4 Å². The van der Waals surface area contributed by atoms with Crippen molar-refractivity contribution < 1.29 is 17.7 Å². The van der Waals surface area contributed by atoms with Gasteiger partial charge in [0.15, 0.2) is 0 Å². The third-order valence-corrected chi connectivity index (χ3v) is 3.69. The van der Waals surface area contributed by atoms with Gasteiger partial charge in [0.05, 0.1) is 0 Å². The molecule has 0 radical (unpaired) electrons. The maximum Gasteiger partial charge on any atom is 0.471 e. The highest BCUT2D eigenvalue weighted by Crippen LogP contribution is 2.29. The quantitative estimate of drug-likeness (QED) is 0.635. The summed E-state index contributed by atoms with van der Waals surface area (Å²) in [6, 6.07) is 6.37. The summed E-state index contributed by atoms with van der Waals surface area (Å²) in [4.78, 5) is 26.6. The van der Waals surface area contributed by atoms with E-state index in [1.807, 2.05) is 13.8 Å². The van der Waals surface area contributed by atoms with Gasteiger partial charge >= 0.3 is 12.1 Å². The minimum absolute atomic E-state index is 0.00434. The lowest BCUT2D eigenvalue weighted by Gasteiger charge is -2.17. The highest BCUT2D eigenvalue weighted by molar-refractivity contribution is 5.74. The Bertz CT molecular complexity index is 1020. The van der Waals surface area contributed by atoms with Crippen molar-refractivity contribution in [1.82, 2.24) is 10.1 Å². The molecule has 3 aromatic rings. The summed E-state index contributed by atoms with van der Waals surface area (Å²) in [7, 11) is 0. The molecule has 2 N–H and O–H groups in total. The van der Waals surface area contributed by atoms with Gasteiger partial charge in [0.25, 0.3) is 10.9 Å². The number of nitrogens with zero attached hydrogens (tertiary/aromatic N) is 2. The molecule has 2 aromatic carbocycles. The van der Waals surface area contributed by atoms with Gasteiger partial charge in [0.1, 0.15) is 11.4 Å². The molecule has 0 aliphatic carbocycles.